The molecule has 0 spiro atoms. The molecule has 2 nitrogen and oxygen atoms in total. The van der Waals surface area contributed by atoms with Gasteiger partial charge in [-0.2, -0.15) is 0 Å². The third-order valence-electron chi connectivity index (χ3n) is 2.10. The molecule has 0 saturated carbocycles. The number of fused-ring (bicyclic) bond motifs is 2. The summed E-state index contributed by atoms with van der Waals surface area (Å²) in [5.41, 5.74) is 0. The van der Waals surface area contributed by atoms with Crippen LogP contribution in [0.3, 0.4) is 0 Å². The fraction of sp³-hybridized carbons (Fsp3) is 1.00. The zero-order valence-electron chi connectivity index (χ0n) is 5.39. The molecule has 2 heterocycles. The highest BCUT2D eigenvalue weighted by molar-refractivity contribution is 5.01. The van der Waals surface area contributed by atoms with Crippen LogP contribution in [0.5, 0.6) is 0 Å². The Morgan fingerprint density at radius 3 is 2.00 bits per heavy atom. The van der Waals surface area contributed by atoms with E-state index in [1.54, 1.807) is 0 Å². The molecular formula is C6H9F2NO. The first kappa shape index (κ1) is 6.49. The van der Waals surface area contributed by atoms with Gasteiger partial charge >= 0.3 is 0 Å². The quantitative estimate of drug-likeness (QED) is 0.524. The number of hydrogen-bond donors (Lipinski definition) is 1. The van der Waals surface area contributed by atoms with E-state index in [2.05, 4.69) is 5.32 Å². The second-order valence-electron chi connectivity index (χ2n) is 2.81. The Bertz CT molecular complexity index is 126. The second kappa shape index (κ2) is 2.13. The van der Waals surface area contributed by atoms with Crippen LogP contribution < -0.4 is 5.32 Å². The highest BCUT2D eigenvalue weighted by atomic mass is 19.2. The van der Waals surface area contributed by atoms with E-state index >= 15 is 0 Å². The van der Waals surface area contributed by atoms with Gasteiger partial charge in [0, 0.05) is 0 Å². The molecule has 2 bridgehead atoms. The average Bonchev–Trinajstić information content (AvgIpc) is 2.17. The molecule has 2 rings (SSSR count). The van der Waals surface area contributed by atoms with Crippen molar-refractivity contribution in [2.24, 2.45) is 0 Å². The van der Waals surface area contributed by atoms with Crippen molar-refractivity contribution in [1.29, 1.82) is 0 Å². The third-order valence-corrected chi connectivity index (χ3v) is 2.10. The van der Waals surface area contributed by atoms with Crippen molar-refractivity contribution in [1.82, 2.24) is 5.32 Å². The zero-order valence-corrected chi connectivity index (χ0v) is 5.39. The van der Waals surface area contributed by atoms with Crippen molar-refractivity contribution in [2.75, 3.05) is 13.2 Å². The maximum Gasteiger partial charge on any atom is 0.150 e. The van der Waals surface area contributed by atoms with Crippen LogP contribution in [0.1, 0.15) is 0 Å². The van der Waals surface area contributed by atoms with Gasteiger partial charge in [0.15, 0.2) is 12.3 Å². The molecule has 2 saturated heterocycles. The number of hydrogen-bond acceptors (Lipinski definition) is 2. The van der Waals surface area contributed by atoms with Crippen LogP contribution in [0.15, 0.2) is 0 Å². The molecule has 0 radical (unpaired) electrons. The number of morpholine rings is 1. The number of rotatable bonds is 0. The Hall–Kier alpha value is -0.220. The predicted molar refractivity (Wildman–Crippen MR) is 31.3 cm³/mol. The minimum atomic E-state index is -1.37. The molecule has 0 aromatic rings. The monoisotopic (exact) mass is 149 g/mol. The Balaban J connectivity index is 2.13. The van der Waals surface area contributed by atoms with Crippen molar-refractivity contribution in [3.8, 4) is 0 Å². The zero-order chi connectivity index (χ0) is 7.14. The summed E-state index contributed by atoms with van der Waals surface area (Å²) in [6, 6.07) is -0.817. The van der Waals surface area contributed by atoms with Crippen molar-refractivity contribution in [3.05, 3.63) is 0 Å². The number of alkyl halides is 2. The molecule has 2 fully saturated rings. The predicted octanol–water partition coefficient (Wildman–Crippen LogP) is 0.0332. The van der Waals surface area contributed by atoms with E-state index in [0.29, 0.717) is 13.2 Å². The molecule has 1 N–H and O–H groups in total. The number of nitrogens with one attached hydrogen (secondary N) is 1. The lowest BCUT2D eigenvalue weighted by atomic mass is 10.1. The Morgan fingerprint density at radius 1 is 1.10 bits per heavy atom. The van der Waals surface area contributed by atoms with E-state index in [-0.39, 0.29) is 0 Å². The fourth-order valence-corrected chi connectivity index (χ4v) is 1.50. The summed E-state index contributed by atoms with van der Waals surface area (Å²) < 4.78 is 30.5. The first-order chi connectivity index (χ1) is 4.79. The summed E-state index contributed by atoms with van der Waals surface area (Å²) in [7, 11) is 0. The van der Waals surface area contributed by atoms with Gasteiger partial charge < -0.3 is 10.1 Å². The van der Waals surface area contributed by atoms with Gasteiger partial charge in [-0.15, -0.1) is 0 Å². The fourth-order valence-electron chi connectivity index (χ4n) is 1.50. The molecule has 0 aromatic heterocycles. The molecule has 58 valence electrons. The molecule has 10 heavy (non-hydrogen) atoms. The molecular weight excluding hydrogens is 140 g/mol. The van der Waals surface area contributed by atoms with Crippen LogP contribution in [0.4, 0.5) is 8.78 Å². The standard InChI is InChI=1S/C6H9F2NO/c7-5-3-1-10-2-4(9-3)6(5)8/h3-6,9H,1-2H2. The van der Waals surface area contributed by atoms with Gasteiger partial charge in [0.2, 0.25) is 0 Å². The van der Waals surface area contributed by atoms with Crippen LogP contribution in [0, 0.1) is 0 Å². The Morgan fingerprint density at radius 2 is 1.60 bits per heavy atom. The molecule has 2 aliphatic heterocycles. The number of ether oxygens (including phenoxy) is 1. The van der Waals surface area contributed by atoms with Crippen LogP contribution in [0.25, 0.3) is 0 Å². The van der Waals surface area contributed by atoms with E-state index in [4.69, 9.17) is 4.74 Å². The van der Waals surface area contributed by atoms with E-state index in [9.17, 15) is 8.78 Å². The lowest BCUT2D eigenvalue weighted by Crippen LogP contribution is -2.43. The number of halogens is 2. The van der Waals surface area contributed by atoms with Crippen molar-refractivity contribution in [2.45, 2.75) is 24.4 Å². The summed E-state index contributed by atoms with van der Waals surface area (Å²) in [5, 5.41) is 2.81. The minimum absolute atomic E-state index is 0.304. The van der Waals surface area contributed by atoms with Crippen molar-refractivity contribution >= 4 is 0 Å². The van der Waals surface area contributed by atoms with E-state index in [1.165, 1.54) is 0 Å². The largest absolute Gasteiger partial charge is 0.378 e. The maximum atomic E-state index is 12.8. The first-order valence-corrected chi connectivity index (χ1v) is 3.41. The Labute approximate surface area is 57.5 Å². The SMILES string of the molecule is FC1C2COCC(N2)C1F. The molecule has 0 amide bonds. The summed E-state index contributed by atoms with van der Waals surface area (Å²) in [6.07, 6.45) is -2.74. The highest BCUT2D eigenvalue weighted by Crippen LogP contribution is 2.24. The molecule has 4 atom stereocenters. The highest BCUT2D eigenvalue weighted by Gasteiger charge is 2.46. The summed E-state index contributed by atoms with van der Waals surface area (Å²) >= 11 is 0. The summed E-state index contributed by atoms with van der Waals surface area (Å²) in [6.45, 7) is 0.607. The van der Waals surface area contributed by atoms with Crippen LogP contribution in [-0.2, 0) is 4.74 Å². The lowest BCUT2D eigenvalue weighted by molar-refractivity contribution is 0.0620. The second-order valence-corrected chi connectivity index (χ2v) is 2.81. The minimum Gasteiger partial charge on any atom is -0.378 e. The van der Waals surface area contributed by atoms with Gasteiger partial charge in [-0.3, -0.25) is 0 Å². The first-order valence-electron chi connectivity index (χ1n) is 3.41. The molecule has 4 unspecified atom stereocenters. The van der Waals surface area contributed by atoms with E-state index in [0.717, 1.165) is 0 Å². The normalized spacial score (nSPS) is 53.4. The van der Waals surface area contributed by atoms with E-state index in [1.807, 2.05) is 0 Å². The topological polar surface area (TPSA) is 21.3 Å². The maximum absolute atomic E-state index is 12.8. The van der Waals surface area contributed by atoms with Crippen LogP contribution in [-0.4, -0.2) is 37.6 Å². The smallest absolute Gasteiger partial charge is 0.150 e. The van der Waals surface area contributed by atoms with Gasteiger partial charge in [-0.25, -0.2) is 8.78 Å². The Kier molecular flexibility index (Phi) is 1.38. The van der Waals surface area contributed by atoms with Crippen LogP contribution >= 0.6 is 0 Å². The van der Waals surface area contributed by atoms with Gasteiger partial charge in [0.25, 0.3) is 0 Å². The van der Waals surface area contributed by atoms with Gasteiger partial charge in [-0.05, 0) is 0 Å². The summed E-state index contributed by atoms with van der Waals surface area (Å²) in [5.74, 6) is 0. The van der Waals surface area contributed by atoms with Gasteiger partial charge in [-0.1, -0.05) is 0 Å². The summed E-state index contributed by atoms with van der Waals surface area (Å²) in [4.78, 5) is 0. The average molecular weight is 149 g/mol. The molecule has 0 aliphatic carbocycles. The van der Waals surface area contributed by atoms with Crippen molar-refractivity contribution in [3.63, 3.8) is 0 Å². The molecule has 4 heteroatoms. The van der Waals surface area contributed by atoms with Gasteiger partial charge in [0.05, 0.1) is 25.3 Å². The molecule has 2 aliphatic rings. The lowest BCUT2D eigenvalue weighted by Gasteiger charge is -2.20. The van der Waals surface area contributed by atoms with Crippen LogP contribution in [0.2, 0.25) is 0 Å². The van der Waals surface area contributed by atoms with Gasteiger partial charge in [0.1, 0.15) is 0 Å². The molecule has 0 aromatic carbocycles. The van der Waals surface area contributed by atoms with E-state index < -0.39 is 24.4 Å². The van der Waals surface area contributed by atoms with Crippen molar-refractivity contribution < 1.29 is 13.5 Å². The third kappa shape index (κ3) is 0.754.